The number of hydrogen-bond donors (Lipinski definition) is 3. The lowest BCUT2D eigenvalue weighted by atomic mass is 10.0. The average Bonchev–Trinajstić information content (AvgIpc) is 2.73. The number of nitrogens with one attached hydrogen (secondary N) is 1. The Hall–Kier alpha value is -3.26. The Kier molecular flexibility index (Phi) is 10.2. The van der Waals surface area contributed by atoms with Crippen LogP contribution in [-0.4, -0.2) is 50.0 Å². The first-order valence-electron chi connectivity index (χ1n) is 9.25. The molecule has 0 bridgehead atoms. The maximum atomic E-state index is 9.10. The van der Waals surface area contributed by atoms with E-state index in [0.717, 1.165) is 36.8 Å². The Morgan fingerprint density at radius 1 is 0.833 bits per heavy atom. The highest BCUT2D eigenvalue weighted by Gasteiger charge is 2.06. The molecular weight excluding hydrogens is 390 g/mol. The summed E-state index contributed by atoms with van der Waals surface area (Å²) >= 11 is 0. The summed E-state index contributed by atoms with van der Waals surface area (Å²) in [7, 11) is 5.02. The van der Waals surface area contributed by atoms with Crippen molar-refractivity contribution in [2.45, 2.75) is 26.8 Å². The Bertz CT molecular complexity index is 853. The normalized spacial score (nSPS) is 9.90. The first-order valence-corrected chi connectivity index (χ1v) is 9.25. The number of carboxylic acid groups (broad SMARTS) is 2. The van der Waals surface area contributed by atoms with E-state index in [1.54, 1.807) is 21.3 Å². The highest BCUT2D eigenvalue weighted by atomic mass is 16.5. The van der Waals surface area contributed by atoms with Crippen molar-refractivity contribution in [3.8, 4) is 17.2 Å². The van der Waals surface area contributed by atoms with Gasteiger partial charge in [-0.2, -0.15) is 0 Å². The van der Waals surface area contributed by atoms with Gasteiger partial charge in [-0.3, -0.25) is 0 Å². The maximum absolute atomic E-state index is 9.10. The van der Waals surface area contributed by atoms with Crippen molar-refractivity contribution in [3.63, 3.8) is 0 Å². The number of rotatable bonds is 8. The molecule has 2 aromatic carbocycles. The monoisotopic (exact) mass is 419 g/mol. The summed E-state index contributed by atoms with van der Waals surface area (Å²) in [6, 6.07) is 10.3. The number of carbonyl (C=O) groups is 2. The molecule has 0 aliphatic heterocycles. The third-order valence-corrected chi connectivity index (χ3v) is 4.39. The van der Waals surface area contributed by atoms with Crippen molar-refractivity contribution in [1.82, 2.24) is 5.32 Å². The number of carboxylic acids is 2. The van der Waals surface area contributed by atoms with Crippen LogP contribution in [0.15, 0.2) is 30.3 Å². The molecule has 0 amide bonds. The second-order valence-corrected chi connectivity index (χ2v) is 6.47. The van der Waals surface area contributed by atoms with Gasteiger partial charge in [0.05, 0.1) is 21.3 Å². The summed E-state index contributed by atoms with van der Waals surface area (Å²) in [4.78, 5) is 18.2. The summed E-state index contributed by atoms with van der Waals surface area (Å²) < 4.78 is 16.0. The van der Waals surface area contributed by atoms with Gasteiger partial charge in [-0.05, 0) is 67.3 Å². The SMILES string of the molecule is COc1cc(C)c(CNCCc2ccc(OC)c(OC)c2)cc1C.O=C(O)C(=O)O. The number of benzene rings is 2. The molecular formula is C22H29NO7. The molecule has 0 heterocycles. The van der Waals surface area contributed by atoms with E-state index in [9.17, 15) is 0 Å². The van der Waals surface area contributed by atoms with Gasteiger partial charge in [0.1, 0.15) is 5.75 Å². The van der Waals surface area contributed by atoms with E-state index in [-0.39, 0.29) is 0 Å². The molecule has 30 heavy (non-hydrogen) atoms. The van der Waals surface area contributed by atoms with E-state index >= 15 is 0 Å². The molecule has 0 fully saturated rings. The number of hydrogen-bond acceptors (Lipinski definition) is 6. The number of ether oxygens (including phenoxy) is 3. The summed E-state index contributed by atoms with van der Waals surface area (Å²) in [5.41, 5.74) is 4.94. The van der Waals surface area contributed by atoms with Gasteiger partial charge >= 0.3 is 11.9 Å². The molecule has 3 N–H and O–H groups in total. The third kappa shape index (κ3) is 7.63. The fraction of sp³-hybridized carbons (Fsp3) is 0.364. The first kappa shape index (κ1) is 24.8. The lowest BCUT2D eigenvalue weighted by molar-refractivity contribution is -0.159. The molecule has 0 aliphatic rings. The molecule has 0 unspecified atom stereocenters. The van der Waals surface area contributed by atoms with Crippen molar-refractivity contribution >= 4 is 11.9 Å². The Labute approximate surface area is 176 Å². The van der Waals surface area contributed by atoms with Crippen LogP contribution in [0.4, 0.5) is 0 Å². The average molecular weight is 419 g/mol. The Balaban J connectivity index is 0.000000656. The van der Waals surface area contributed by atoms with Crippen LogP contribution in [0.25, 0.3) is 0 Å². The highest BCUT2D eigenvalue weighted by Crippen LogP contribution is 2.27. The minimum absolute atomic E-state index is 0.763. The van der Waals surface area contributed by atoms with Gasteiger partial charge in [-0.25, -0.2) is 9.59 Å². The van der Waals surface area contributed by atoms with Crippen LogP contribution in [0.1, 0.15) is 22.3 Å². The molecule has 8 nitrogen and oxygen atoms in total. The van der Waals surface area contributed by atoms with E-state index in [4.69, 9.17) is 34.0 Å². The molecule has 164 valence electrons. The van der Waals surface area contributed by atoms with Crippen molar-refractivity contribution in [2.75, 3.05) is 27.9 Å². The molecule has 0 radical (unpaired) electrons. The quantitative estimate of drug-likeness (QED) is 0.442. The van der Waals surface area contributed by atoms with Crippen molar-refractivity contribution < 1.29 is 34.0 Å². The zero-order valence-corrected chi connectivity index (χ0v) is 17.9. The molecule has 2 aromatic rings. The lowest BCUT2D eigenvalue weighted by Gasteiger charge is -2.13. The summed E-state index contributed by atoms with van der Waals surface area (Å²) in [6.45, 7) is 5.95. The van der Waals surface area contributed by atoms with Gasteiger partial charge in [0.15, 0.2) is 11.5 Å². The van der Waals surface area contributed by atoms with Gasteiger partial charge < -0.3 is 29.7 Å². The largest absolute Gasteiger partial charge is 0.496 e. The van der Waals surface area contributed by atoms with Crippen LogP contribution in [0.2, 0.25) is 0 Å². The molecule has 0 saturated heterocycles. The molecule has 8 heteroatoms. The van der Waals surface area contributed by atoms with Crippen LogP contribution in [0.5, 0.6) is 17.2 Å². The maximum Gasteiger partial charge on any atom is 0.414 e. The van der Waals surface area contributed by atoms with Crippen molar-refractivity contribution in [2.24, 2.45) is 0 Å². The summed E-state index contributed by atoms with van der Waals surface area (Å²) in [5, 5.41) is 18.3. The molecule has 2 rings (SSSR count). The number of aliphatic carboxylic acids is 2. The van der Waals surface area contributed by atoms with E-state index in [0.29, 0.717) is 0 Å². The van der Waals surface area contributed by atoms with Gasteiger partial charge in [0.2, 0.25) is 0 Å². The van der Waals surface area contributed by atoms with Crippen LogP contribution >= 0.6 is 0 Å². The van der Waals surface area contributed by atoms with Gasteiger partial charge in [0, 0.05) is 6.54 Å². The molecule has 0 spiro atoms. The fourth-order valence-corrected chi connectivity index (χ4v) is 2.75. The van der Waals surface area contributed by atoms with E-state index in [2.05, 4.69) is 37.4 Å². The zero-order chi connectivity index (χ0) is 22.7. The van der Waals surface area contributed by atoms with Crippen LogP contribution in [0, 0.1) is 13.8 Å². The van der Waals surface area contributed by atoms with Gasteiger partial charge in [-0.1, -0.05) is 12.1 Å². The fourth-order valence-electron chi connectivity index (χ4n) is 2.75. The first-order chi connectivity index (χ1) is 14.2. The molecule has 0 aromatic heterocycles. The standard InChI is InChI=1S/C20H27NO3.C2H2O4/c1-14-11-19(23-4)15(2)10-17(14)13-21-9-8-16-6-7-18(22-3)20(12-16)24-5;3-1(4)2(5)6/h6-7,10-12,21H,8-9,13H2,1-5H3;(H,3,4)(H,5,6). The minimum Gasteiger partial charge on any atom is -0.496 e. The van der Waals surface area contributed by atoms with E-state index < -0.39 is 11.9 Å². The van der Waals surface area contributed by atoms with Crippen LogP contribution in [-0.2, 0) is 22.6 Å². The van der Waals surface area contributed by atoms with Crippen molar-refractivity contribution in [1.29, 1.82) is 0 Å². The predicted octanol–water partition coefficient (Wildman–Crippen LogP) is 2.82. The highest BCUT2D eigenvalue weighted by molar-refractivity contribution is 6.27. The van der Waals surface area contributed by atoms with E-state index in [1.165, 1.54) is 22.3 Å². The van der Waals surface area contributed by atoms with Crippen LogP contribution in [0.3, 0.4) is 0 Å². The molecule has 0 aliphatic carbocycles. The van der Waals surface area contributed by atoms with E-state index in [1.807, 2.05) is 12.1 Å². The van der Waals surface area contributed by atoms with Gasteiger partial charge in [0.25, 0.3) is 0 Å². The topological polar surface area (TPSA) is 114 Å². The Morgan fingerprint density at radius 2 is 1.43 bits per heavy atom. The second kappa shape index (κ2) is 12.3. The third-order valence-electron chi connectivity index (χ3n) is 4.39. The minimum atomic E-state index is -1.82. The molecule has 0 atom stereocenters. The van der Waals surface area contributed by atoms with Crippen molar-refractivity contribution in [3.05, 3.63) is 52.6 Å². The molecule has 0 saturated carbocycles. The summed E-state index contributed by atoms with van der Waals surface area (Å²) in [6.07, 6.45) is 0.939. The van der Waals surface area contributed by atoms with Gasteiger partial charge in [-0.15, -0.1) is 0 Å². The Morgan fingerprint density at radius 3 is 1.97 bits per heavy atom. The smallest absolute Gasteiger partial charge is 0.414 e. The van der Waals surface area contributed by atoms with Crippen LogP contribution < -0.4 is 19.5 Å². The summed E-state index contributed by atoms with van der Waals surface area (Å²) in [5.74, 6) is -1.17. The number of methoxy groups -OCH3 is 3. The number of aryl methyl sites for hydroxylation is 2. The zero-order valence-electron chi connectivity index (χ0n) is 17.9. The second-order valence-electron chi connectivity index (χ2n) is 6.47. The lowest BCUT2D eigenvalue weighted by Crippen LogP contribution is -2.17. The predicted molar refractivity (Wildman–Crippen MR) is 113 cm³/mol.